The van der Waals surface area contributed by atoms with Gasteiger partial charge in [0, 0.05) is 23.4 Å². The number of nitrogens with one attached hydrogen (secondary N) is 3. The molecule has 0 aromatic heterocycles. The second-order valence-electron chi connectivity index (χ2n) is 5.49. The van der Waals surface area contributed by atoms with Gasteiger partial charge in [0.05, 0.1) is 0 Å². The Hall–Kier alpha value is -3.15. The number of benzene rings is 2. The highest BCUT2D eigenvalue weighted by Gasteiger charge is 2.17. The summed E-state index contributed by atoms with van der Waals surface area (Å²) in [5.74, 6) is -0.888. The lowest BCUT2D eigenvalue weighted by Crippen LogP contribution is -2.41. The standard InChI is InChI=1S/C19H21N3O3/c1-3-20-18(24)15-10-7-11-16(12-15)22-17(23)13(2)21-19(25)14-8-5-4-6-9-14/h4-13H,3H2,1-2H3,(H,20,24)(H,21,25)(H,22,23). The van der Waals surface area contributed by atoms with Crippen LogP contribution in [0.1, 0.15) is 34.6 Å². The number of anilines is 1. The van der Waals surface area contributed by atoms with Crippen molar-refractivity contribution in [3.63, 3.8) is 0 Å². The minimum absolute atomic E-state index is 0.205. The summed E-state index contributed by atoms with van der Waals surface area (Å²) in [7, 11) is 0. The Bertz CT molecular complexity index is 760. The van der Waals surface area contributed by atoms with E-state index in [4.69, 9.17) is 0 Å². The Balaban J connectivity index is 1.98. The van der Waals surface area contributed by atoms with Crippen molar-refractivity contribution in [3.05, 3.63) is 65.7 Å². The van der Waals surface area contributed by atoms with Crippen LogP contribution in [0.25, 0.3) is 0 Å². The minimum Gasteiger partial charge on any atom is -0.352 e. The first-order chi connectivity index (χ1) is 12.0. The maximum absolute atomic E-state index is 12.3. The molecule has 0 aliphatic heterocycles. The molecule has 2 aromatic carbocycles. The van der Waals surface area contributed by atoms with Gasteiger partial charge in [0.15, 0.2) is 0 Å². The summed E-state index contributed by atoms with van der Waals surface area (Å²) in [5, 5.41) is 8.05. The van der Waals surface area contributed by atoms with Crippen molar-refractivity contribution in [1.29, 1.82) is 0 Å². The van der Waals surface area contributed by atoms with Crippen molar-refractivity contribution in [2.75, 3.05) is 11.9 Å². The third kappa shape index (κ3) is 5.17. The molecule has 130 valence electrons. The van der Waals surface area contributed by atoms with Gasteiger partial charge in [-0.15, -0.1) is 0 Å². The van der Waals surface area contributed by atoms with Gasteiger partial charge in [-0.3, -0.25) is 14.4 Å². The molecule has 0 saturated carbocycles. The van der Waals surface area contributed by atoms with Gasteiger partial charge in [-0.05, 0) is 44.2 Å². The van der Waals surface area contributed by atoms with E-state index >= 15 is 0 Å². The summed E-state index contributed by atoms with van der Waals surface area (Å²) in [5.41, 5.74) is 1.44. The average Bonchev–Trinajstić information content (AvgIpc) is 2.62. The zero-order valence-electron chi connectivity index (χ0n) is 14.2. The van der Waals surface area contributed by atoms with Gasteiger partial charge in [0.2, 0.25) is 5.91 Å². The molecule has 25 heavy (non-hydrogen) atoms. The van der Waals surface area contributed by atoms with E-state index in [1.807, 2.05) is 13.0 Å². The normalized spacial score (nSPS) is 11.3. The lowest BCUT2D eigenvalue weighted by atomic mass is 10.1. The zero-order valence-corrected chi connectivity index (χ0v) is 14.2. The van der Waals surface area contributed by atoms with Crippen molar-refractivity contribution < 1.29 is 14.4 Å². The Labute approximate surface area is 146 Å². The van der Waals surface area contributed by atoms with Crippen LogP contribution in [0.2, 0.25) is 0 Å². The van der Waals surface area contributed by atoms with E-state index < -0.39 is 6.04 Å². The van der Waals surface area contributed by atoms with Gasteiger partial charge >= 0.3 is 0 Å². The molecule has 0 radical (unpaired) electrons. The summed E-state index contributed by atoms with van der Waals surface area (Å²) < 4.78 is 0. The van der Waals surface area contributed by atoms with Crippen LogP contribution in [-0.4, -0.2) is 30.3 Å². The molecule has 2 rings (SSSR count). The molecule has 1 atom stereocenters. The van der Waals surface area contributed by atoms with Crippen LogP contribution in [0.3, 0.4) is 0 Å². The molecule has 0 aliphatic rings. The maximum Gasteiger partial charge on any atom is 0.251 e. The quantitative estimate of drug-likeness (QED) is 0.754. The number of hydrogen-bond acceptors (Lipinski definition) is 3. The highest BCUT2D eigenvalue weighted by Crippen LogP contribution is 2.11. The molecule has 0 fully saturated rings. The van der Waals surface area contributed by atoms with E-state index in [-0.39, 0.29) is 17.7 Å². The van der Waals surface area contributed by atoms with Crippen LogP contribution < -0.4 is 16.0 Å². The minimum atomic E-state index is -0.721. The molecule has 1 unspecified atom stereocenters. The first kappa shape index (κ1) is 18.2. The monoisotopic (exact) mass is 339 g/mol. The van der Waals surface area contributed by atoms with Crippen molar-refractivity contribution in [1.82, 2.24) is 10.6 Å². The van der Waals surface area contributed by atoms with E-state index in [0.29, 0.717) is 23.4 Å². The van der Waals surface area contributed by atoms with Crippen LogP contribution in [-0.2, 0) is 4.79 Å². The van der Waals surface area contributed by atoms with E-state index in [0.717, 1.165) is 0 Å². The summed E-state index contributed by atoms with van der Waals surface area (Å²) in [6.07, 6.45) is 0. The number of hydrogen-bond donors (Lipinski definition) is 3. The Kier molecular flexibility index (Phi) is 6.28. The Morgan fingerprint density at radius 3 is 2.28 bits per heavy atom. The summed E-state index contributed by atoms with van der Waals surface area (Å²) >= 11 is 0. The molecule has 0 saturated heterocycles. The highest BCUT2D eigenvalue weighted by atomic mass is 16.2. The maximum atomic E-state index is 12.3. The fourth-order valence-electron chi connectivity index (χ4n) is 2.19. The molecule has 0 heterocycles. The van der Waals surface area contributed by atoms with Crippen LogP contribution in [0.4, 0.5) is 5.69 Å². The van der Waals surface area contributed by atoms with E-state index in [9.17, 15) is 14.4 Å². The van der Waals surface area contributed by atoms with Crippen molar-refractivity contribution in [3.8, 4) is 0 Å². The van der Waals surface area contributed by atoms with E-state index in [2.05, 4.69) is 16.0 Å². The zero-order chi connectivity index (χ0) is 18.2. The van der Waals surface area contributed by atoms with Crippen molar-refractivity contribution in [2.45, 2.75) is 19.9 Å². The molecule has 2 aromatic rings. The van der Waals surface area contributed by atoms with Gasteiger partial charge in [-0.2, -0.15) is 0 Å². The molecule has 3 N–H and O–H groups in total. The fourth-order valence-corrected chi connectivity index (χ4v) is 2.19. The van der Waals surface area contributed by atoms with Crippen LogP contribution in [0, 0.1) is 0 Å². The lowest BCUT2D eigenvalue weighted by Gasteiger charge is -2.14. The number of amides is 3. The molecule has 3 amide bonds. The molecule has 6 heteroatoms. The Morgan fingerprint density at radius 2 is 1.60 bits per heavy atom. The van der Waals surface area contributed by atoms with Crippen LogP contribution in [0.5, 0.6) is 0 Å². The number of carbonyl (C=O) groups excluding carboxylic acids is 3. The van der Waals surface area contributed by atoms with Gasteiger partial charge < -0.3 is 16.0 Å². The molecular weight excluding hydrogens is 318 g/mol. The molecule has 0 spiro atoms. The topological polar surface area (TPSA) is 87.3 Å². The Morgan fingerprint density at radius 1 is 0.920 bits per heavy atom. The van der Waals surface area contributed by atoms with Crippen molar-refractivity contribution >= 4 is 23.4 Å². The van der Waals surface area contributed by atoms with Crippen LogP contribution >= 0.6 is 0 Å². The van der Waals surface area contributed by atoms with Gasteiger partial charge in [-0.1, -0.05) is 24.3 Å². The van der Waals surface area contributed by atoms with Gasteiger partial charge in [-0.25, -0.2) is 0 Å². The molecule has 6 nitrogen and oxygen atoms in total. The average molecular weight is 339 g/mol. The third-order valence-corrected chi connectivity index (χ3v) is 3.51. The molecule has 0 bridgehead atoms. The second-order valence-corrected chi connectivity index (χ2v) is 5.49. The predicted octanol–water partition coefficient (Wildman–Crippen LogP) is 2.19. The van der Waals surface area contributed by atoms with Crippen molar-refractivity contribution in [2.24, 2.45) is 0 Å². The molecule has 0 aliphatic carbocycles. The largest absolute Gasteiger partial charge is 0.352 e. The van der Waals surface area contributed by atoms with E-state index in [1.165, 1.54) is 0 Å². The second kappa shape index (κ2) is 8.63. The first-order valence-corrected chi connectivity index (χ1v) is 8.06. The first-order valence-electron chi connectivity index (χ1n) is 8.06. The summed E-state index contributed by atoms with van der Waals surface area (Å²) in [6.45, 7) is 3.96. The summed E-state index contributed by atoms with van der Waals surface area (Å²) in [4.78, 5) is 36.2. The summed E-state index contributed by atoms with van der Waals surface area (Å²) in [6, 6.07) is 14.6. The van der Waals surface area contributed by atoms with Crippen LogP contribution in [0.15, 0.2) is 54.6 Å². The fraction of sp³-hybridized carbons (Fsp3) is 0.211. The highest BCUT2D eigenvalue weighted by molar-refractivity contribution is 6.01. The lowest BCUT2D eigenvalue weighted by molar-refractivity contribution is -0.117. The SMILES string of the molecule is CCNC(=O)c1cccc(NC(=O)C(C)NC(=O)c2ccccc2)c1. The van der Waals surface area contributed by atoms with Gasteiger partial charge in [0.1, 0.15) is 6.04 Å². The number of carbonyl (C=O) groups is 3. The van der Waals surface area contributed by atoms with E-state index in [1.54, 1.807) is 55.5 Å². The third-order valence-electron chi connectivity index (χ3n) is 3.51. The predicted molar refractivity (Wildman–Crippen MR) is 96.4 cm³/mol. The smallest absolute Gasteiger partial charge is 0.251 e. The van der Waals surface area contributed by atoms with Gasteiger partial charge in [0.25, 0.3) is 11.8 Å². The molecular formula is C19H21N3O3. The number of rotatable bonds is 6.